The molecule has 6 heteroatoms. The van der Waals surface area contributed by atoms with Crippen LogP contribution in [0.4, 0.5) is 13.2 Å². The molecule has 0 fully saturated rings. The minimum Gasteiger partial charge on any atom is -0.469 e. The number of carbonyl (C=O) groups excluding carboxylic acids is 2. The third-order valence-electron chi connectivity index (χ3n) is 2.33. The van der Waals surface area contributed by atoms with Crippen molar-refractivity contribution in [2.24, 2.45) is 0 Å². The number of hydrogen-bond acceptors (Lipinski definition) is 3. The second-order valence-electron chi connectivity index (χ2n) is 3.64. The van der Waals surface area contributed by atoms with Gasteiger partial charge in [-0.15, -0.1) is 0 Å². The van der Waals surface area contributed by atoms with E-state index in [9.17, 15) is 22.8 Å². The van der Waals surface area contributed by atoms with E-state index in [1.807, 2.05) is 0 Å². The van der Waals surface area contributed by atoms with Gasteiger partial charge >= 0.3 is 12.1 Å². The standard InChI is InChI=1S/C13H11F3O3/c1-19-12(18)4-2-3-10-6-5-9(8-17)7-11(10)13(14,15)16/h2-3,5-8H,4H2,1H3. The number of ether oxygens (including phenoxy) is 1. The summed E-state index contributed by atoms with van der Waals surface area (Å²) in [5, 5.41) is 0. The van der Waals surface area contributed by atoms with Crippen LogP contribution in [-0.4, -0.2) is 19.4 Å². The van der Waals surface area contributed by atoms with E-state index < -0.39 is 17.7 Å². The Balaban J connectivity index is 3.06. The molecule has 0 amide bonds. The van der Waals surface area contributed by atoms with Crippen LogP contribution in [0.1, 0.15) is 27.9 Å². The van der Waals surface area contributed by atoms with Crippen LogP contribution in [0.5, 0.6) is 0 Å². The molecule has 102 valence electrons. The maximum Gasteiger partial charge on any atom is 0.417 e. The van der Waals surface area contributed by atoms with Crippen molar-refractivity contribution in [3.05, 3.63) is 41.0 Å². The second-order valence-corrected chi connectivity index (χ2v) is 3.64. The molecule has 3 nitrogen and oxygen atoms in total. The minimum absolute atomic E-state index is 0.0579. The lowest BCUT2D eigenvalue weighted by molar-refractivity contribution is -0.139. The van der Waals surface area contributed by atoms with E-state index in [-0.39, 0.29) is 17.5 Å². The first kappa shape index (κ1) is 14.9. The average Bonchev–Trinajstić information content (AvgIpc) is 2.37. The molecule has 0 saturated heterocycles. The molecule has 0 spiro atoms. The fourth-order valence-electron chi connectivity index (χ4n) is 1.40. The first-order chi connectivity index (χ1) is 8.88. The minimum atomic E-state index is -4.57. The number of rotatable bonds is 4. The Morgan fingerprint density at radius 3 is 2.58 bits per heavy atom. The predicted molar refractivity (Wildman–Crippen MR) is 62.5 cm³/mol. The van der Waals surface area contributed by atoms with Gasteiger partial charge in [-0.1, -0.05) is 24.3 Å². The summed E-state index contributed by atoms with van der Waals surface area (Å²) in [6, 6.07) is 3.23. The van der Waals surface area contributed by atoms with Gasteiger partial charge in [0, 0.05) is 5.56 Å². The van der Waals surface area contributed by atoms with Crippen molar-refractivity contribution < 1.29 is 27.5 Å². The zero-order valence-electron chi connectivity index (χ0n) is 10.0. The fourth-order valence-corrected chi connectivity index (χ4v) is 1.40. The SMILES string of the molecule is COC(=O)CC=Cc1ccc(C=O)cc1C(F)(F)F. The van der Waals surface area contributed by atoms with Gasteiger partial charge in [0.2, 0.25) is 0 Å². The first-order valence-electron chi connectivity index (χ1n) is 5.28. The van der Waals surface area contributed by atoms with Crippen molar-refractivity contribution in [2.45, 2.75) is 12.6 Å². The Kier molecular flexibility index (Phi) is 4.86. The van der Waals surface area contributed by atoms with E-state index in [0.717, 1.165) is 6.07 Å². The summed E-state index contributed by atoms with van der Waals surface area (Å²) in [4.78, 5) is 21.3. The third-order valence-corrected chi connectivity index (χ3v) is 2.33. The molecule has 1 aromatic rings. The van der Waals surface area contributed by atoms with Crippen LogP contribution in [0.3, 0.4) is 0 Å². The van der Waals surface area contributed by atoms with Crippen LogP contribution >= 0.6 is 0 Å². The van der Waals surface area contributed by atoms with Gasteiger partial charge in [0.25, 0.3) is 0 Å². The fraction of sp³-hybridized carbons (Fsp3) is 0.231. The van der Waals surface area contributed by atoms with Gasteiger partial charge < -0.3 is 4.74 Å². The van der Waals surface area contributed by atoms with Gasteiger partial charge in [-0.2, -0.15) is 13.2 Å². The summed E-state index contributed by atoms with van der Waals surface area (Å²) in [7, 11) is 1.19. The number of aldehydes is 1. The van der Waals surface area contributed by atoms with E-state index in [4.69, 9.17) is 0 Å². The summed E-state index contributed by atoms with van der Waals surface area (Å²) in [6.45, 7) is 0. The maximum absolute atomic E-state index is 12.8. The van der Waals surface area contributed by atoms with E-state index in [1.165, 1.54) is 31.4 Å². The Bertz CT molecular complexity index is 504. The number of benzene rings is 1. The maximum atomic E-state index is 12.8. The topological polar surface area (TPSA) is 43.4 Å². The molecule has 1 aromatic carbocycles. The largest absolute Gasteiger partial charge is 0.469 e. The van der Waals surface area contributed by atoms with Crippen molar-refractivity contribution in [2.75, 3.05) is 7.11 Å². The molecule has 0 unspecified atom stereocenters. The Labute approximate surface area is 107 Å². The zero-order chi connectivity index (χ0) is 14.5. The van der Waals surface area contributed by atoms with Crippen LogP contribution in [0.2, 0.25) is 0 Å². The van der Waals surface area contributed by atoms with Gasteiger partial charge in [0.1, 0.15) is 6.29 Å². The lowest BCUT2D eigenvalue weighted by Crippen LogP contribution is -2.08. The van der Waals surface area contributed by atoms with Gasteiger partial charge in [-0.3, -0.25) is 9.59 Å². The normalized spacial score (nSPS) is 11.6. The highest BCUT2D eigenvalue weighted by Crippen LogP contribution is 2.33. The number of alkyl halides is 3. The molecule has 0 radical (unpaired) electrons. The van der Waals surface area contributed by atoms with Crippen molar-refractivity contribution in [1.29, 1.82) is 0 Å². The number of methoxy groups -OCH3 is 1. The third kappa shape index (κ3) is 4.24. The second kappa shape index (κ2) is 6.17. The molecule has 1 rings (SSSR count). The van der Waals surface area contributed by atoms with Gasteiger partial charge in [0.15, 0.2) is 0 Å². The van der Waals surface area contributed by atoms with E-state index >= 15 is 0 Å². The van der Waals surface area contributed by atoms with Crippen molar-refractivity contribution in [3.8, 4) is 0 Å². The molecule has 0 aliphatic rings. The monoisotopic (exact) mass is 272 g/mol. The molecule has 0 atom stereocenters. The van der Waals surface area contributed by atoms with Crippen molar-refractivity contribution in [3.63, 3.8) is 0 Å². The lowest BCUT2D eigenvalue weighted by atomic mass is 10.0. The molecule has 0 heterocycles. The Hall–Kier alpha value is -2.11. The molecule has 0 N–H and O–H groups in total. The first-order valence-corrected chi connectivity index (χ1v) is 5.28. The van der Waals surface area contributed by atoms with E-state index in [2.05, 4.69) is 4.74 Å². The summed E-state index contributed by atoms with van der Waals surface area (Å²) in [5.74, 6) is -0.547. The Morgan fingerprint density at radius 1 is 1.37 bits per heavy atom. The average molecular weight is 272 g/mol. The molecule has 0 aliphatic heterocycles. The number of carbonyl (C=O) groups is 2. The number of hydrogen-bond donors (Lipinski definition) is 0. The quantitative estimate of drug-likeness (QED) is 0.625. The smallest absolute Gasteiger partial charge is 0.417 e. The van der Waals surface area contributed by atoms with Crippen LogP contribution in [-0.2, 0) is 15.7 Å². The predicted octanol–water partition coefficient (Wildman–Crippen LogP) is 3.09. The highest BCUT2D eigenvalue weighted by atomic mass is 19.4. The lowest BCUT2D eigenvalue weighted by Gasteiger charge is -2.10. The van der Waals surface area contributed by atoms with Crippen LogP contribution in [0, 0.1) is 0 Å². The van der Waals surface area contributed by atoms with Crippen LogP contribution < -0.4 is 0 Å². The highest BCUT2D eigenvalue weighted by Gasteiger charge is 2.32. The molecule has 19 heavy (non-hydrogen) atoms. The number of esters is 1. The number of halogens is 3. The molecule has 0 saturated carbocycles. The van der Waals surface area contributed by atoms with Crippen molar-refractivity contribution in [1.82, 2.24) is 0 Å². The van der Waals surface area contributed by atoms with Gasteiger partial charge in [-0.05, 0) is 11.6 Å². The van der Waals surface area contributed by atoms with E-state index in [0.29, 0.717) is 6.29 Å². The van der Waals surface area contributed by atoms with Gasteiger partial charge in [-0.25, -0.2) is 0 Å². The summed E-state index contributed by atoms with van der Waals surface area (Å²) < 4.78 is 42.7. The summed E-state index contributed by atoms with van der Waals surface area (Å²) in [5.41, 5.74) is -1.09. The molecule has 0 bridgehead atoms. The Morgan fingerprint density at radius 2 is 2.05 bits per heavy atom. The molecular formula is C13H11F3O3. The van der Waals surface area contributed by atoms with Crippen molar-refractivity contribution >= 4 is 18.3 Å². The zero-order valence-corrected chi connectivity index (χ0v) is 10.0. The molecule has 0 aliphatic carbocycles. The summed E-state index contributed by atoms with van der Waals surface area (Å²) >= 11 is 0. The van der Waals surface area contributed by atoms with Crippen LogP contribution in [0.25, 0.3) is 6.08 Å². The van der Waals surface area contributed by atoms with E-state index in [1.54, 1.807) is 0 Å². The van der Waals surface area contributed by atoms with Crippen LogP contribution in [0.15, 0.2) is 24.3 Å². The van der Waals surface area contributed by atoms with Gasteiger partial charge in [0.05, 0.1) is 19.1 Å². The summed E-state index contributed by atoms with van der Waals surface area (Å²) in [6.07, 6.45) is -1.89. The highest BCUT2D eigenvalue weighted by molar-refractivity contribution is 5.77. The molecular weight excluding hydrogens is 261 g/mol. The molecule has 0 aromatic heterocycles.